The highest BCUT2D eigenvalue weighted by atomic mass is 15.0. The number of hydrogen-bond donors (Lipinski definition) is 1. The summed E-state index contributed by atoms with van der Waals surface area (Å²) in [5.41, 5.74) is 14.4. The molecule has 0 radical (unpaired) electrons. The van der Waals surface area contributed by atoms with E-state index in [0.29, 0.717) is 0 Å². The summed E-state index contributed by atoms with van der Waals surface area (Å²) in [6, 6.07) is 66.2. The quantitative estimate of drug-likeness (QED) is 0.196. The molecule has 11 aromatic rings. The molecule has 11 rings (SSSR count). The van der Waals surface area contributed by atoms with Crippen molar-refractivity contribution < 1.29 is 0 Å². The number of benzene rings is 8. The number of rotatable bonds is 4. The van der Waals surface area contributed by atoms with Gasteiger partial charge in [0.1, 0.15) is 0 Å². The van der Waals surface area contributed by atoms with E-state index in [2.05, 4.69) is 196 Å². The van der Waals surface area contributed by atoms with E-state index in [-0.39, 0.29) is 0 Å². The highest BCUT2D eigenvalue weighted by Gasteiger charge is 2.16. The lowest BCUT2D eigenvalue weighted by atomic mass is 10.0. The molecular weight excluding hydrogens is 619 g/mol. The van der Waals surface area contributed by atoms with Crippen LogP contribution in [0, 0.1) is 0 Å². The van der Waals surface area contributed by atoms with Crippen molar-refractivity contribution in [2.45, 2.75) is 0 Å². The summed E-state index contributed by atoms with van der Waals surface area (Å²) < 4.78 is 4.77. The molecule has 0 amide bonds. The average molecular weight is 650 g/mol. The lowest BCUT2D eigenvalue weighted by Crippen LogP contribution is -1.94. The summed E-state index contributed by atoms with van der Waals surface area (Å²) in [5, 5.41) is 7.55. The molecule has 0 saturated carbocycles. The molecule has 0 bridgehead atoms. The second-order valence-corrected chi connectivity index (χ2v) is 13.5. The third-order valence-corrected chi connectivity index (χ3v) is 10.7. The van der Waals surface area contributed by atoms with Crippen molar-refractivity contribution >= 4 is 65.4 Å². The van der Waals surface area contributed by atoms with Gasteiger partial charge < -0.3 is 14.1 Å². The van der Waals surface area contributed by atoms with Crippen molar-refractivity contribution in [1.29, 1.82) is 0 Å². The standard InChI is InChI=1S/C48H31N3/c1-2-11-34(12-3-1)50-44-19-8-5-14-38(44)41-29-32(23-27-46(41)50)33-24-28-47-42(30-33)39-15-6-9-20-45(39)51(47)35-25-21-31(22-26-35)36-16-10-17-40-37-13-4-7-18-43(37)49-48(36)40/h1-30,49H. The van der Waals surface area contributed by atoms with Crippen molar-refractivity contribution in [3.05, 3.63) is 182 Å². The van der Waals surface area contributed by atoms with Crippen LogP contribution in [0.1, 0.15) is 0 Å². The molecule has 0 saturated heterocycles. The van der Waals surface area contributed by atoms with Gasteiger partial charge in [0.25, 0.3) is 0 Å². The van der Waals surface area contributed by atoms with Gasteiger partial charge in [0.05, 0.1) is 27.6 Å². The van der Waals surface area contributed by atoms with Crippen LogP contribution in [0.2, 0.25) is 0 Å². The number of fused-ring (bicyclic) bond motifs is 9. The predicted octanol–water partition coefficient (Wildman–Crippen LogP) is 12.8. The minimum atomic E-state index is 1.15. The van der Waals surface area contributed by atoms with E-state index < -0.39 is 0 Å². The average Bonchev–Trinajstić information content (AvgIpc) is 3.86. The van der Waals surface area contributed by atoms with Gasteiger partial charge in [-0.3, -0.25) is 0 Å². The lowest BCUT2D eigenvalue weighted by Gasteiger charge is -2.11. The Hall–Kier alpha value is -6.84. The number of nitrogens with zero attached hydrogens (tertiary/aromatic N) is 2. The van der Waals surface area contributed by atoms with Crippen LogP contribution < -0.4 is 0 Å². The van der Waals surface area contributed by atoms with Crippen LogP contribution >= 0.6 is 0 Å². The molecule has 3 aromatic heterocycles. The summed E-state index contributed by atoms with van der Waals surface area (Å²) in [5.74, 6) is 0. The first kappa shape index (κ1) is 28.0. The molecule has 8 aromatic carbocycles. The molecule has 0 spiro atoms. The van der Waals surface area contributed by atoms with Gasteiger partial charge in [-0.25, -0.2) is 0 Å². The SMILES string of the molecule is c1ccc(-n2c3ccccc3c3cc(-c4ccc5c(c4)c4ccccc4n5-c4ccc(-c5cccc6c5[nH]c5ccccc56)cc4)ccc32)cc1. The molecule has 0 aliphatic heterocycles. The zero-order valence-electron chi connectivity index (χ0n) is 27.7. The van der Waals surface area contributed by atoms with Crippen LogP contribution in [0.4, 0.5) is 0 Å². The normalized spacial score (nSPS) is 11.9. The number of para-hydroxylation sites is 5. The Morgan fingerprint density at radius 3 is 1.45 bits per heavy atom. The van der Waals surface area contributed by atoms with E-state index in [4.69, 9.17) is 0 Å². The number of hydrogen-bond acceptors (Lipinski definition) is 0. The molecule has 51 heavy (non-hydrogen) atoms. The van der Waals surface area contributed by atoms with E-state index in [9.17, 15) is 0 Å². The van der Waals surface area contributed by atoms with Crippen LogP contribution in [0.3, 0.4) is 0 Å². The number of aromatic nitrogens is 3. The van der Waals surface area contributed by atoms with Crippen LogP contribution in [0.25, 0.3) is 99.0 Å². The van der Waals surface area contributed by atoms with Gasteiger partial charge in [0, 0.05) is 54.8 Å². The fourth-order valence-electron chi connectivity index (χ4n) is 8.34. The van der Waals surface area contributed by atoms with Crippen molar-refractivity contribution in [3.8, 4) is 33.6 Å². The van der Waals surface area contributed by atoms with Crippen molar-refractivity contribution in [1.82, 2.24) is 14.1 Å². The zero-order chi connectivity index (χ0) is 33.5. The van der Waals surface area contributed by atoms with Gasteiger partial charge in [0.2, 0.25) is 0 Å². The van der Waals surface area contributed by atoms with Gasteiger partial charge in [0.15, 0.2) is 0 Å². The van der Waals surface area contributed by atoms with Crippen LogP contribution in [-0.4, -0.2) is 14.1 Å². The highest BCUT2D eigenvalue weighted by molar-refractivity contribution is 6.14. The van der Waals surface area contributed by atoms with E-state index in [1.807, 2.05) is 0 Å². The van der Waals surface area contributed by atoms with E-state index in [0.717, 1.165) is 5.69 Å². The van der Waals surface area contributed by atoms with Crippen LogP contribution in [-0.2, 0) is 0 Å². The Labute approximate surface area is 294 Å². The maximum absolute atomic E-state index is 3.67. The predicted molar refractivity (Wildman–Crippen MR) is 215 cm³/mol. The molecule has 0 aliphatic carbocycles. The molecular formula is C48H31N3. The van der Waals surface area contributed by atoms with Gasteiger partial charge in [-0.1, -0.05) is 115 Å². The fourth-order valence-corrected chi connectivity index (χ4v) is 8.34. The number of nitrogens with one attached hydrogen (secondary N) is 1. The molecule has 238 valence electrons. The molecule has 0 atom stereocenters. The summed E-state index contributed by atoms with van der Waals surface area (Å²) in [7, 11) is 0. The zero-order valence-corrected chi connectivity index (χ0v) is 27.7. The third kappa shape index (κ3) is 4.19. The Bertz CT molecular complexity index is 3120. The summed E-state index contributed by atoms with van der Waals surface area (Å²) in [6.07, 6.45) is 0. The Balaban J connectivity index is 1.04. The summed E-state index contributed by atoms with van der Waals surface area (Å²) in [6.45, 7) is 0. The largest absolute Gasteiger partial charge is 0.354 e. The molecule has 1 N–H and O–H groups in total. The van der Waals surface area contributed by atoms with Gasteiger partial charge in [-0.15, -0.1) is 0 Å². The third-order valence-electron chi connectivity index (χ3n) is 10.7. The maximum atomic E-state index is 3.67. The molecule has 0 unspecified atom stereocenters. The molecule has 3 nitrogen and oxygen atoms in total. The Morgan fingerprint density at radius 1 is 0.314 bits per heavy atom. The van der Waals surface area contributed by atoms with E-state index in [1.54, 1.807) is 0 Å². The maximum Gasteiger partial charge on any atom is 0.0544 e. The topological polar surface area (TPSA) is 25.6 Å². The molecule has 0 fully saturated rings. The van der Waals surface area contributed by atoms with Gasteiger partial charge in [-0.05, 0) is 83.4 Å². The second kappa shape index (κ2) is 10.8. The van der Waals surface area contributed by atoms with Crippen molar-refractivity contribution in [3.63, 3.8) is 0 Å². The fraction of sp³-hybridized carbons (Fsp3) is 0. The Morgan fingerprint density at radius 2 is 0.804 bits per heavy atom. The monoisotopic (exact) mass is 649 g/mol. The highest BCUT2D eigenvalue weighted by Crippen LogP contribution is 2.39. The van der Waals surface area contributed by atoms with Crippen LogP contribution in [0.15, 0.2) is 182 Å². The minimum Gasteiger partial charge on any atom is -0.354 e. The summed E-state index contributed by atoms with van der Waals surface area (Å²) >= 11 is 0. The van der Waals surface area contributed by atoms with Gasteiger partial charge in [-0.2, -0.15) is 0 Å². The Kier molecular flexibility index (Phi) is 5.96. The first-order valence-electron chi connectivity index (χ1n) is 17.5. The lowest BCUT2D eigenvalue weighted by molar-refractivity contribution is 1.18. The minimum absolute atomic E-state index is 1.15. The van der Waals surface area contributed by atoms with E-state index in [1.165, 1.54) is 93.4 Å². The number of aromatic amines is 1. The van der Waals surface area contributed by atoms with Crippen molar-refractivity contribution in [2.75, 3.05) is 0 Å². The molecule has 3 heterocycles. The smallest absolute Gasteiger partial charge is 0.0544 e. The molecule has 3 heteroatoms. The van der Waals surface area contributed by atoms with E-state index >= 15 is 0 Å². The summed E-state index contributed by atoms with van der Waals surface area (Å²) in [4.78, 5) is 3.67. The first-order chi connectivity index (χ1) is 25.3. The van der Waals surface area contributed by atoms with Gasteiger partial charge >= 0.3 is 0 Å². The first-order valence-corrected chi connectivity index (χ1v) is 17.5. The second-order valence-electron chi connectivity index (χ2n) is 13.5. The molecule has 0 aliphatic rings. The number of H-pyrrole nitrogens is 1. The van der Waals surface area contributed by atoms with Crippen LogP contribution in [0.5, 0.6) is 0 Å². The van der Waals surface area contributed by atoms with Crippen molar-refractivity contribution in [2.24, 2.45) is 0 Å².